The third kappa shape index (κ3) is 2.38. The average molecular weight is 220 g/mol. The first-order chi connectivity index (χ1) is 7.47. The quantitative estimate of drug-likeness (QED) is 0.768. The lowest BCUT2D eigenvalue weighted by molar-refractivity contribution is 0.420. The molecule has 0 amide bonds. The van der Waals surface area contributed by atoms with Gasteiger partial charge < -0.3 is 10.8 Å². The second-order valence-corrected chi connectivity index (χ2v) is 3.74. The largest absolute Gasteiger partial charge is 0.505 e. The van der Waals surface area contributed by atoms with Gasteiger partial charge in [0.15, 0.2) is 11.6 Å². The molecule has 1 rings (SSSR count). The highest BCUT2D eigenvalue weighted by Gasteiger charge is 2.18. The van der Waals surface area contributed by atoms with E-state index in [0.717, 1.165) is 11.6 Å². The zero-order valence-electron chi connectivity index (χ0n) is 9.00. The number of aromatic hydroxyl groups is 1. The molecule has 0 radical (unpaired) electrons. The maximum absolute atomic E-state index is 13.2. The molecule has 3 N–H and O–H groups in total. The van der Waals surface area contributed by atoms with Crippen LogP contribution in [0.15, 0.2) is 24.3 Å². The smallest absolute Gasteiger partial charge is 0.165 e. The maximum atomic E-state index is 13.2. The number of nitriles is 1. The van der Waals surface area contributed by atoms with Crippen molar-refractivity contribution < 1.29 is 9.50 Å². The Hall–Kier alpha value is -1.86. The third-order valence-electron chi connectivity index (χ3n) is 2.23. The fraction of sp³-hybridized carbons (Fsp3) is 0.250. The van der Waals surface area contributed by atoms with Gasteiger partial charge in [-0.25, -0.2) is 4.39 Å². The highest BCUT2D eigenvalue weighted by molar-refractivity contribution is 5.48. The summed E-state index contributed by atoms with van der Waals surface area (Å²) in [7, 11) is 0. The van der Waals surface area contributed by atoms with Gasteiger partial charge in [-0.3, -0.25) is 0 Å². The van der Waals surface area contributed by atoms with E-state index < -0.39 is 17.6 Å². The van der Waals surface area contributed by atoms with Crippen LogP contribution in [0.4, 0.5) is 4.39 Å². The van der Waals surface area contributed by atoms with Gasteiger partial charge in [-0.2, -0.15) is 5.26 Å². The second-order valence-electron chi connectivity index (χ2n) is 3.74. The Balaban J connectivity index is 3.25. The van der Waals surface area contributed by atoms with Crippen LogP contribution in [-0.2, 0) is 0 Å². The van der Waals surface area contributed by atoms with Gasteiger partial charge in [0.25, 0.3) is 0 Å². The molecule has 1 atom stereocenters. The van der Waals surface area contributed by atoms with Gasteiger partial charge >= 0.3 is 0 Å². The van der Waals surface area contributed by atoms with Crippen LogP contribution in [0.5, 0.6) is 5.75 Å². The van der Waals surface area contributed by atoms with Crippen molar-refractivity contribution >= 4 is 0 Å². The summed E-state index contributed by atoms with van der Waals surface area (Å²) in [5.74, 6) is -1.32. The number of nitrogens with two attached hydrogens (primary N) is 1. The molecule has 3 nitrogen and oxygen atoms in total. The zero-order chi connectivity index (χ0) is 12.3. The highest BCUT2D eigenvalue weighted by atomic mass is 19.1. The van der Waals surface area contributed by atoms with Gasteiger partial charge in [-0.15, -0.1) is 6.58 Å². The number of rotatable bonds is 3. The number of halogens is 1. The maximum Gasteiger partial charge on any atom is 0.165 e. The molecule has 0 aliphatic carbocycles. The molecule has 0 fully saturated rings. The summed E-state index contributed by atoms with van der Waals surface area (Å²) < 4.78 is 13.2. The molecule has 0 spiro atoms. The topological polar surface area (TPSA) is 70.0 Å². The predicted octanol–water partition coefficient (Wildman–Crippen LogP) is 2.37. The van der Waals surface area contributed by atoms with Crippen molar-refractivity contribution in [2.24, 2.45) is 5.73 Å². The van der Waals surface area contributed by atoms with Crippen molar-refractivity contribution in [1.29, 1.82) is 5.26 Å². The van der Waals surface area contributed by atoms with E-state index >= 15 is 0 Å². The summed E-state index contributed by atoms with van der Waals surface area (Å²) in [5.41, 5.74) is 6.94. The Morgan fingerprint density at radius 1 is 1.69 bits per heavy atom. The van der Waals surface area contributed by atoms with E-state index in [4.69, 9.17) is 11.0 Å². The van der Waals surface area contributed by atoms with Gasteiger partial charge in [0, 0.05) is 11.6 Å². The van der Waals surface area contributed by atoms with Gasteiger partial charge in [-0.1, -0.05) is 5.57 Å². The first kappa shape index (κ1) is 12.2. The molecule has 4 heteroatoms. The summed E-state index contributed by atoms with van der Waals surface area (Å²) in [6.07, 6.45) is 0.395. The first-order valence-electron chi connectivity index (χ1n) is 4.78. The van der Waals surface area contributed by atoms with E-state index in [9.17, 15) is 9.50 Å². The normalized spacial score (nSPS) is 11.9. The monoisotopic (exact) mass is 220 g/mol. The minimum atomic E-state index is -0.772. The number of hydrogen-bond acceptors (Lipinski definition) is 3. The van der Waals surface area contributed by atoms with Crippen LogP contribution < -0.4 is 5.73 Å². The molecule has 1 aromatic rings. The molecule has 0 heterocycles. The number of hydrogen-bond donors (Lipinski definition) is 2. The van der Waals surface area contributed by atoms with Crippen LogP contribution in [0.3, 0.4) is 0 Å². The molecule has 0 unspecified atom stereocenters. The lowest BCUT2D eigenvalue weighted by atomic mass is 9.95. The van der Waals surface area contributed by atoms with E-state index in [0.29, 0.717) is 6.42 Å². The summed E-state index contributed by atoms with van der Waals surface area (Å²) >= 11 is 0. The Labute approximate surface area is 93.6 Å². The Morgan fingerprint density at radius 2 is 2.31 bits per heavy atom. The molecule has 0 saturated carbocycles. The van der Waals surface area contributed by atoms with Crippen LogP contribution in [0, 0.1) is 17.1 Å². The fourth-order valence-electron chi connectivity index (χ4n) is 1.53. The first-order valence-corrected chi connectivity index (χ1v) is 4.78. The average Bonchev–Trinajstić information content (AvgIpc) is 2.20. The van der Waals surface area contributed by atoms with E-state index in [1.807, 2.05) is 6.07 Å². The van der Waals surface area contributed by atoms with Crippen molar-refractivity contribution in [3.63, 3.8) is 0 Å². The lowest BCUT2D eigenvalue weighted by Gasteiger charge is -2.15. The SMILES string of the molecule is C=C(C)C[C@H](N)c1c(C#N)ccc(F)c1O. The molecular weight excluding hydrogens is 207 g/mol. The van der Waals surface area contributed by atoms with Crippen molar-refractivity contribution in [1.82, 2.24) is 0 Å². The summed E-state index contributed by atoms with van der Waals surface area (Å²) in [5, 5.41) is 18.4. The molecular formula is C12H13FN2O. The van der Waals surface area contributed by atoms with Crippen LogP contribution in [0.2, 0.25) is 0 Å². The lowest BCUT2D eigenvalue weighted by Crippen LogP contribution is -2.13. The van der Waals surface area contributed by atoms with Crippen molar-refractivity contribution in [2.45, 2.75) is 19.4 Å². The summed E-state index contributed by atoms with van der Waals surface area (Å²) in [4.78, 5) is 0. The van der Waals surface area contributed by atoms with E-state index in [2.05, 4.69) is 6.58 Å². The highest BCUT2D eigenvalue weighted by Crippen LogP contribution is 2.31. The molecule has 0 aromatic heterocycles. The minimum Gasteiger partial charge on any atom is -0.505 e. The summed E-state index contributed by atoms with van der Waals surface area (Å²) in [6.45, 7) is 5.47. The Bertz CT molecular complexity index is 463. The van der Waals surface area contributed by atoms with E-state index in [1.165, 1.54) is 6.07 Å². The van der Waals surface area contributed by atoms with Crippen molar-refractivity contribution in [2.75, 3.05) is 0 Å². The fourth-order valence-corrected chi connectivity index (χ4v) is 1.53. The summed E-state index contributed by atoms with van der Waals surface area (Å²) in [6, 6.07) is 3.61. The number of benzene rings is 1. The number of phenolic OH excluding ortho intramolecular Hbond substituents is 1. The van der Waals surface area contributed by atoms with E-state index in [-0.39, 0.29) is 11.1 Å². The molecule has 0 saturated heterocycles. The molecule has 0 bridgehead atoms. The second kappa shape index (κ2) is 4.77. The molecule has 1 aromatic carbocycles. The van der Waals surface area contributed by atoms with Crippen molar-refractivity contribution in [3.8, 4) is 11.8 Å². The van der Waals surface area contributed by atoms with Gasteiger partial charge in [0.05, 0.1) is 11.6 Å². The standard InChI is InChI=1S/C12H13FN2O/c1-7(2)5-10(15)11-8(6-14)3-4-9(13)12(11)16/h3-4,10,16H,1,5,15H2,2H3/t10-/m0/s1. The number of nitrogens with zero attached hydrogens (tertiary/aromatic N) is 1. The van der Waals surface area contributed by atoms with Crippen molar-refractivity contribution in [3.05, 3.63) is 41.2 Å². The van der Waals surface area contributed by atoms with E-state index in [1.54, 1.807) is 6.92 Å². The Morgan fingerprint density at radius 3 is 2.81 bits per heavy atom. The van der Waals surface area contributed by atoms with Crippen LogP contribution in [0.25, 0.3) is 0 Å². The third-order valence-corrected chi connectivity index (χ3v) is 2.23. The molecule has 0 aliphatic rings. The van der Waals surface area contributed by atoms with Gasteiger partial charge in [-0.05, 0) is 25.5 Å². The molecule has 0 aliphatic heterocycles. The zero-order valence-corrected chi connectivity index (χ0v) is 9.00. The molecule has 16 heavy (non-hydrogen) atoms. The number of phenols is 1. The molecule has 84 valence electrons. The van der Waals surface area contributed by atoms with Gasteiger partial charge in [0.2, 0.25) is 0 Å². The van der Waals surface area contributed by atoms with Gasteiger partial charge in [0.1, 0.15) is 0 Å². The minimum absolute atomic E-state index is 0.144. The van der Waals surface area contributed by atoms with Crippen LogP contribution in [0.1, 0.15) is 30.5 Å². The predicted molar refractivity (Wildman–Crippen MR) is 59.1 cm³/mol. The Kier molecular flexibility index (Phi) is 3.64. The van der Waals surface area contributed by atoms with Crippen LogP contribution in [-0.4, -0.2) is 5.11 Å². The van der Waals surface area contributed by atoms with Crippen LogP contribution >= 0.6 is 0 Å².